The van der Waals surface area contributed by atoms with Gasteiger partial charge in [-0.25, -0.2) is 8.42 Å². The number of rotatable bonds is 3. The average Bonchev–Trinajstić information content (AvgIpc) is 2.59. The normalized spacial score (nSPS) is 18.9. The highest BCUT2D eigenvalue weighted by Crippen LogP contribution is 2.36. The van der Waals surface area contributed by atoms with Crippen molar-refractivity contribution in [1.29, 1.82) is 5.26 Å². The van der Waals surface area contributed by atoms with Crippen molar-refractivity contribution in [1.82, 2.24) is 4.90 Å². The number of likely N-dealkylation sites (tertiary alicyclic amines) is 1. The Morgan fingerprint density at radius 2 is 1.96 bits per heavy atom. The van der Waals surface area contributed by atoms with Crippen LogP contribution in [0.3, 0.4) is 0 Å². The number of hydrogen-bond acceptors (Lipinski definition) is 5. The summed E-state index contributed by atoms with van der Waals surface area (Å²) < 4.78 is 23.9. The SMILES string of the molecule is CCC1CCN(C2=C(C#N)C(=O)Cc3ccc(S(C)(=O)=O)cc32)CC1. The minimum absolute atomic E-state index is 0.150. The quantitative estimate of drug-likeness (QED) is 0.830. The smallest absolute Gasteiger partial charge is 0.179 e. The fourth-order valence-electron chi connectivity index (χ4n) is 3.70. The molecule has 1 aliphatic carbocycles. The van der Waals surface area contributed by atoms with Gasteiger partial charge in [-0.05, 0) is 36.5 Å². The Labute approximate surface area is 148 Å². The Bertz CT molecular complexity index is 886. The van der Waals surface area contributed by atoms with Crippen LogP contribution in [0.2, 0.25) is 0 Å². The van der Waals surface area contributed by atoms with E-state index in [1.807, 2.05) is 0 Å². The van der Waals surface area contributed by atoms with Crippen LogP contribution in [0.5, 0.6) is 0 Å². The number of Topliss-reactive ketones (excluding diaryl/α,β-unsaturated/α-hetero) is 1. The second-order valence-corrected chi connectivity index (χ2v) is 8.88. The molecule has 0 spiro atoms. The molecular weight excluding hydrogens is 336 g/mol. The van der Waals surface area contributed by atoms with Crippen molar-refractivity contribution in [3.63, 3.8) is 0 Å². The third-order valence-corrected chi connectivity index (χ3v) is 6.36. The highest BCUT2D eigenvalue weighted by atomic mass is 32.2. The largest absolute Gasteiger partial charge is 0.370 e. The van der Waals surface area contributed by atoms with Crippen molar-refractivity contribution < 1.29 is 13.2 Å². The van der Waals surface area contributed by atoms with E-state index in [0.717, 1.165) is 37.9 Å². The van der Waals surface area contributed by atoms with Crippen LogP contribution >= 0.6 is 0 Å². The van der Waals surface area contributed by atoms with Gasteiger partial charge in [0.25, 0.3) is 0 Å². The van der Waals surface area contributed by atoms with E-state index in [0.29, 0.717) is 17.2 Å². The van der Waals surface area contributed by atoms with E-state index < -0.39 is 9.84 Å². The number of nitrogens with zero attached hydrogens (tertiary/aromatic N) is 2. The molecule has 0 radical (unpaired) electrons. The average molecular weight is 358 g/mol. The number of carbonyl (C=O) groups is 1. The first-order chi connectivity index (χ1) is 11.8. The molecule has 1 fully saturated rings. The third kappa shape index (κ3) is 3.34. The summed E-state index contributed by atoms with van der Waals surface area (Å²) in [6.45, 7) is 3.75. The molecule has 0 aromatic heterocycles. The molecule has 0 amide bonds. The fourth-order valence-corrected chi connectivity index (χ4v) is 4.34. The zero-order chi connectivity index (χ0) is 18.2. The summed E-state index contributed by atoms with van der Waals surface area (Å²) in [5.74, 6) is 0.484. The number of nitriles is 1. The van der Waals surface area contributed by atoms with Gasteiger partial charge in [0.15, 0.2) is 15.6 Å². The van der Waals surface area contributed by atoms with Crippen molar-refractivity contribution in [3.8, 4) is 6.07 Å². The predicted molar refractivity (Wildman–Crippen MR) is 95.4 cm³/mol. The van der Waals surface area contributed by atoms with Gasteiger partial charge in [-0.3, -0.25) is 4.79 Å². The maximum absolute atomic E-state index is 12.4. The molecule has 1 saturated heterocycles. The van der Waals surface area contributed by atoms with Gasteiger partial charge in [0.05, 0.1) is 10.6 Å². The van der Waals surface area contributed by atoms with Gasteiger partial charge in [-0.15, -0.1) is 0 Å². The second kappa shape index (κ2) is 6.64. The van der Waals surface area contributed by atoms with Gasteiger partial charge in [0.1, 0.15) is 11.6 Å². The molecule has 0 atom stereocenters. The van der Waals surface area contributed by atoms with E-state index >= 15 is 0 Å². The standard InChI is InChI=1S/C19H22N2O3S/c1-3-13-6-8-21(9-7-13)19-16-11-15(25(2,23)24)5-4-14(16)10-18(22)17(19)12-20/h4-5,11,13H,3,6-10H2,1-2H3. The number of piperidine rings is 1. The summed E-state index contributed by atoms with van der Waals surface area (Å²) in [4.78, 5) is 14.7. The molecule has 132 valence electrons. The van der Waals surface area contributed by atoms with E-state index in [9.17, 15) is 18.5 Å². The fraction of sp³-hybridized carbons (Fsp3) is 0.474. The van der Waals surface area contributed by atoms with Crippen LogP contribution in [-0.2, 0) is 21.1 Å². The highest BCUT2D eigenvalue weighted by Gasteiger charge is 2.31. The lowest BCUT2D eigenvalue weighted by Crippen LogP contribution is -2.35. The predicted octanol–water partition coefficient (Wildman–Crippen LogP) is 2.57. The molecule has 3 rings (SSSR count). The van der Waals surface area contributed by atoms with Gasteiger partial charge in [0, 0.05) is 31.3 Å². The van der Waals surface area contributed by atoms with Crippen molar-refractivity contribution in [2.24, 2.45) is 5.92 Å². The van der Waals surface area contributed by atoms with Gasteiger partial charge >= 0.3 is 0 Å². The van der Waals surface area contributed by atoms with E-state index in [2.05, 4.69) is 17.9 Å². The molecule has 1 aromatic carbocycles. The topological polar surface area (TPSA) is 78.2 Å². The van der Waals surface area contributed by atoms with Crippen molar-refractivity contribution in [3.05, 3.63) is 34.9 Å². The van der Waals surface area contributed by atoms with Crippen LogP contribution in [0.1, 0.15) is 37.3 Å². The number of carbonyl (C=O) groups excluding carboxylic acids is 1. The summed E-state index contributed by atoms with van der Waals surface area (Å²) >= 11 is 0. The van der Waals surface area contributed by atoms with Crippen LogP contribution in [0.25, 0.3) is 5.70 Å². The van der Waals surface area contributed by atoms with Crippen LogP contribution in [0, 0.1) is 17.2 Å². The van der Waals surface area contributed by atoms with Crippen molar-refractivity contribution in [2.75, 3.05) is 19.3 Å². The monoisotopic (exact) mass is 358 g/mol. The molecule has 1 aromatic rings. The maximum atomic E-state index is 12.4. The Balaban J connectivity index is 2.11. The maximum Gasteiger partial charge on any atom is 0.179 e. The lowest BCUT2D eigenvalue weighted by atomic mass is 9.86. The van der Waals surface area contributed by atoms with Crippen molar-refractivity contribution in [2.45, 2.75) is 37.5 Å². The number of fused-ring (bicyclic) bond motifs is 1. The summed E-state index contributed by atoms with van der Waals surface area (Å²) in [6, 6.07) is 6.93. The minimum atomic E-state index is -3.35. The number of hydrogen-bond donors (Lipinski definition) is 0. The van der Waals surface area contributed by atoms with Crippen LogP contribution < -0.4 is 0 Å². The molecule has 5 nitrogen and oxygen atoms in total. The molecule has 6 heteroatoms. The zero-order valence-electron chi connectivity index (χ0n) is 14.6. The van der Waals surface area contributed by atoms with Crippen molar-refractivity contribution >= 4 is 21.3 Å². The highest BCUT2D eigenvalue weighted by molar-refractivity contribution is 7.90. The number of ketones is 1. The molecule has 25 heavy (non-hydrogen) atoms. The molecule has 1 aliphatic heterocycles. The van der Waals surface area contributed by atoms with Gasteiger partial charge in [0.2, 0.25) is 0 Å². The summed E-state index contributed by atoms with van der Waals surface area (Å²) in [7, 11) is -3.35. The summed E-state index contributed by atoms with van der Waals surface area (Å²) in [5.41, 5.74) is 2.29. The minimum Gasteiger partial charge on any atom is -0.370 e. The van der Waals surface area contributed by atoms with Crippen LogP contribution in [0.4, 0.5) is 0 Å². The first kappa shape index (κ1) is 17.7. The molecule has 0 unspecified atom stereocenters. The first-order valence-corrected chi connectivity index (χ1v) is 10.5. The Morgan fingerprint density at radius 3 is 2.52 bits per heavy atom. The Kier molecular flexibility index (Phi) is 4.70. The number of benzene rings is 1. The molecule has 0 bridgehead atoms. The third-order valence-electron chi connectivity index (χ3n) is 5.25. The molecule has 1 heterocycles. The van der Waals surface area contributed by atoms with E-state index in [-0.39, 0.29) is 22.7 Å². The summed E-state index contributed by atoms with van der Waals surface area (Å²) in [6.07, 6.45) is 4.50. The zero-order valence-corrected chi connectivity index (χ0v) is 15.4. The Morgan fingerprint density at radius 1 is 1.28 bits per heavy atom. The molecule has 2 aliphatic rings. The number of allylic oxidation sites excluding steroid dienone is 1. The van der Waals surface area contributed by atoms with Gasteiger partial charge in [-0.1, -0.05) is 19.4 Å². The Hall–Kier alpha value is -2.13. The van der Waals surface area contributed by atoms with Crippen LogP contribution in [0.15, 0.2) is 28.7 Å². The lowest BCUT2D eigenvalue weighted by Gasteiger charge is -2.37. The van der Waals surface area contributed by atoms with E-state index in [4.69, 9.17) is 0 Å². The molecule has 0 N–H and O–H groups in total. The molecule has 0 saturated carbocycles. The number of sulfone groups is 1. The lowest BCUT2D eigenvalue weighted by molar-refractivity contribution is -0.114. The van der Waals surface area contributed by atoms with Gasteiger partial charge < -0.3 is 4.90 Å². The van der Waals surface area contributed by atoms with Crippen LogP contribution in [-0.4, -0.2) is 38.4 Å². The summed E-state index contributed by atoms with van der Waals surface area (Å²) in [5, 5.41) is 9.54. The van der Waals surface area contributed by atoms with E-state index in [1.165, 1.54) is 6.26 Å². The molecular formula is C19H22N2O3S. The van der Waals surface area contributed by atoms with E-state index in [1.54, 1.807) is 18.2 Å². The second-order valence-electron chi connectivity index (χ2n) is 6.87. The van der Waals surface area contributed by atoms with Gasteiger partial charge in [-0.2, -0.15) is 5.26 Å². The first-order valence-electron chi connectivity index (χ1n) is 8.61.